The molecule has 1 aliphatic carbocycles. The smallest absolute Gasteiger partial charge is 0.200 e. The number of benzene rings is 1. The van der Waals surface area contributed by atoms with Crippen LogP contribution in [0.5, 0.6) is 0 Å². The van der Waals surface area contributed by atoms with Crippen molar-refractivity contribution in [2.75, 3.05) is 17.3 Å². The second kappa shape index (κ2) is 7.25. The summed E-state index contributed by atoms with van der Waals surface area (Å²) in [4.78, 5) is 28.0. The highest BCUT2D eigenvalue weighted by molar-refractivity contribution is 8.26. The maximum absolute atomic E-state index is 13.2. The molecule has 2 aliphatic heterocycles. The molecule has 0 fully saturated rings. The van der Waals surface area contributed by atoms with Crippen LogP contribution < -0.4 is 0 Å². The van der Waals surface area contributed by atoms with E-state index in [1.165, 1.54) is 0 Å². The Hall–Kier alpha value is -1.19. The third kappa shape index (κ3) is 3.15. The quantitative estimate of drug-likeness (QED) is 0.425. The van der Waals surface area contributed by atoms with Gasteiger partial charge in [-0.05, 0) is 37.5 Å². The van der Waals surface area contributed by atoms with E-state index in [4.69, 9.17) is 0 Å². The molecular weight excluding hydrogens is 416 g/mol. The Balaban J connectivity index is 1.94. The number of allylic oxidation sites excluding steroid dienone is 2. The Morgan fingerprint density at radius 2 is 1.86 bits per heavy atom. The van der Waals surface area contributed by atoms with Crippen LogP contribution in [0.3, 0.4) is 0 Å². The molecule has 3 aliphatic rings. The van der Waals surface area contributed by atoms with Crippen LogP contribution in [0.15, 0.2) is 27.2 Å². The van der Waals surface area contributed by atoms with Crippen LogP contribution >= 0.6 is 34.1 Å². The van der Waals surface area contributed by atoms with Gasteiger partial charge in [-0.3, -0.25) is 18.7 Å². The minimum atomic E-state index is -2.99. The van der Waals surface area contributed by atoms with Gasteiger partial charge in [0, 0.05) is 45.3 Å². The lowest BCUT2D eigenvalue weighted by Gasteiger charge is -2.42. The minimum absolute atomic E-state index is 0.115. The first-order chi connectivity index (χ1) is 13.2. The molecule has 1 aromatic carbocycles. The van der Waals surface area contributed by atoms with Gasteiger partial charge in [-0.1, -0.05) is 0 Å². The normalized spacial score (nSPS) is 22.6. The number of rotatable bonds is 2. The van der Waals surface area contributed by atoms with E-state index < -0.39 is 16.4 Å². The summed E-state index contributed by atoms with van der Waals surface area (Å²) in [5.74, 6) is 1.13. The number of carbonyl (C=O) groups excluding carboxylic acids is 2. The number of aliphatic hydroxyl groups is 1. The zero-order valence-electron chi connectivity index (χ0n) is 15.7. The Morgan fingerprint density at radius 1 is 1.14 bits per heavy atom. The van der Waals surface area contributed by atoms with Crippen LogP contribution in [0.4, 0.5) is 0 Å². The van der Waals surface area contributed by atoms with Gasteiger partial charge in [-0.2, -0.15) is 10.6 Å². The average Bonchev–Trinajstić information content (AvgIpc) is 2.62. The first-order valence-electron chi connectivity index (χ1n) is 9.11. The molecule has 8 heteroatoms. The van der Waals surface area contributed by atoms with Gasteiger partial charge in [-0.25, -0.2) is 0 Å². The number of carbonyl (C=O) groups is 2. The molecule has 4 rings (SSSR count). The summed E-state index contributed by atoms with van der Waals surface area (Å²) < 4.78 is 21.7. The molecular formula is C20H22O5S3. The van der Waals surface area contributed by atoms with Crippen molar-refractivity contribution in [1.29, 1.82) is 0 Å². The highest BCUT2D eigenvalue weighted by atomic mass is 32.3. The summed E-state index contributed by atoms with van der Waals surface area (Å²) in [7, 11) is -2.99. The molecule has 0 bridgehead atoms. The Labute approximate surface area is 174 Å². The third-order valence-corrected chi connectivity index (χ3v) is 10.0. The first kappa shape index (κ1) is 20.1. The number of hydrogen-bond acceptors (Lipinski definition) is 7. The third-order valence-electron chi connectivity index (χ3n) is 5.33. The van der Waals surface area contributed by atoms with E-state index in [9.17, 15) is 23.8 Å². The second-order valence-electron chi connectivity index (χ2n) is 7.26. The molecule has 0 unspecified atom stereocenters. The minimum Gasteiger partial charge on any atom is -0.511 e. The predicted octanol–water partition coefficient (Wildman–Crippen LogP) is 5.32. The Morgan fingerprint density at radius 3 is 2.57 bits per heavy atom. The van der Waals surface area contributed by atoms with Crippen molar-refractivity contribution >= 4 is 50.6 Å². The number of ketones is 2. The number of aryl methyl sites for hydroxylation is 1. The maximum Gasteiger partial charge on any atom is 0.200 e. The fraction of sp³-hybridized carbons (Fsp3) is 0.400. The fourth-order valence-corrected chi connectivity index (χ4v) is 9.20. The fourth-order valence-electron chi connectivity index (χ4n) is 4.07. The number of fused-ring (bicyclic) bond motifs is 2. The second-order valence-corrected chi connectivity index (χ2v) is 11.6. The van der Waals surface area contributed by atoms with Crippen LogP contribution in [0.25, 0.3) is 4.91 Å². The van der Waals surface area contributed by atoms with E-state index in [2.05, 4.69) is 0 Å². The van der Waals surface area contributed by atoms with Gasteiger partial charge in [0.25, 0.3) is 0 Å². The van der Waals surface area contributed by atoms with Gasteiger partial charge < -0.3 is 5.11 Å². The zero-order chi connectivity index (χ0) is 20.2. The van der Waals surface area contributed by atoms with Crippen molar-refractivity contribution in [1.82, 2.24) is 0 Å². The molecule has 150 valence electrons. The van der Waals surface area contributed by atoms with Crippen molar-refractivity contribution < 1.29 is 23.8 Å². The zero-order valence-corrected chi connectivity index (χ0v) is 18.2. The molecule has 2 heterocycles. The standard InChI is InChI=1S/C20H22O5S3/c1-10-8-12(18(23)17-13(21)4-3-5-14(17)22)11(2)16-19-15(26-6-7-27-19)9-28(24,25)20(10)16/h8,21,24-25H,3-7,9H2,1-2H3. The van der Waals surface area contributed by atoms with Crippen LogP contribution in [0.1, 0.15) is 46.3 Å². The molecule has 0 saturated carbocycles. The summed E-state index contributed by atoms with van der Waals surface area (Å²) >= 11 is 3.32. The monoisotopic (exact) mass is 438 g/mol. The number of aliphatic hydroxyl groups excluding tert-OH is 1. The van der Waals surface area contributed by atoms with Crippen molar-refractivity contribution in [3.05, 3.63) is 44.6 Å². The maximum atomic E-state index is 13.2. The number of hydrogen-bond donors (Lipinski definition) is 3. The first-order valence-corrected chi connectivity index (χ1v) is 12.8. The van der Waals surface area contributed by atoms with E-state index in [0.717, 1.165) is 26.9 Å². The average molecular weight is 439 g/mol. The lowest BCUT2D eigenvalue weighted by molar-refractivity contribution is -0.116. The topological polar surface area (TPSA) is 94.8 Å². The summed E-state index contributed by atoms with van der Waals surface area (Å²) in [6.07, 6.45) is 1.14. The number of thioether (sulfide) groups is 2. The molecule has 0 radical (unpaired) electrons. The van der Waals surface area contributed by atoms with Crippen LogP contribution in [-0.2, 0) is 4.79 Å². The van der Waals surface area contributed by atoms with Crippen LogP contribution in [0.2, 0.25) is 0 Å². The summed E-state index contributed by atoms with van der Waals surface area (Å²) in [5.41, 5.74) is 2.25. The molecule has 0 aromatic heterocycles. The van der Waals surface area contributed by atoms with Gasteiger partial charge in [0.2, 0.25) is 0 Å². The van der Waals surface area contributed by atoms with Crippen LogP contribution in [0, 0.1) is 13.8 Å². The van der Waals surface area contributed by atoms with Gasteiger partial charge in [0.15, 0.2) is 11.6 Å². The molecule has 5 nitrogen and oxygen atoms in total. The van der Waals surface area contributed by atoms with Gasteiger partial charge in [0.05, 0.1) is 10.6 Å². The molecule has 0 saturated heterocycles. The summed E-state index contributed by atoms with van der Waals surface area (Å²) in [6, 6.07) is 1.64. The van der Waals surface area contributed by atoms with Crippen molar-refractivity contribution in [3.63, 3.8) is 0 Å². The van der Waals surface area contributed by atoms with E-state index in [0.29, 0.717) is 34.4 Å². The van der Waals surface area contributed by atoms with Gasteiger partial charge in [-0.15, -0.1) is 23.5 Å². The molecule has 0 amide bonds. The molecule has 3 N–H and O–H groups in total. The van der Waals surface area contributed by atoms with Gasteiger partial charge >= 0.3 is 0 Å². The summed E-state index contributed by atoms with van der Waals surface area (Å²) in [5, 5.41) is 10.2. The van der Waals surface area contributed by atoms with Crippen molar-refractivity contribution in [2.45, 2.75) is 38.0 Å². The van der Waals surface area contributed by atoms with E-state index in [1.54, 1.807) is 43.4 Å². The van der Waals surface area contributed by atoms with E-state index >= 15 is 0 Å². The largest absolute Gasteiger partial charge is 0.511 e. The Bertz CT molecular complexity index is 975. The highest BCUT2D eigenvalue weighted by Gasteiger charge is 2.37. The van der Waals surface area contributed by atoms with E-state index in [-0.39, 0.29) is 29.3 Å². The Kier molecular flexibility index (Phi) is 5.20. The lowest BCUT2D eigenvalue weighted by Crippen LogP contribution is -2.23. The number of Topliss-reactive ketones (excluding diaryl/α,β-unsaturated/α-hetero) is 2. The summed E-state index contributed by atoms with van der Waals surface area (Å²) in [6.45, 7) is 3.56. The molecule has 0 spiro atoms. The van der Waals surface area contributed by atoms with Crippen LogP contribution in [-0.4, -0.2) is 43.0 Å². The lowest BCUT2D eigenvalue weighted by atomic mass is 9.87. The molecule has 28 heavy (non-hydrogen) atoms. The van der Waals surface area contributed by atoms with E-state index in [1.807, 2.05) is 0 Å². The van der Waals surface area contributed by atoms with Gasteiger partial charge in [0.1, 0.15) is 11.3 Å². The van der Waals surface area contributed by atoms with Crippen molar-refractivity contribution in [2.24, 2.45) is 0 Å². The molecule has 0 atom stereocenters. The SMILES string of the molecule is Cc1cc(C(=O)C2=C(O)CCCC2=O)c(C)c2c1S(O)(O)CC1=C2SCCS1. The molecule has 1 aromatic rings. The van der Waals surface area contributed by atoms with Crippen molar-refractivity contribution in [3.8, 4) is 0 Å². The highest BCUT2D eigenvalue weighted by Crippen LogP contribution is 2.63. The predicted molar refractivity (Wildman–Crippen MR) is 117 cm³/mol.